The molecule has 0 radical (unpaired) electrons. The third-order valence-electron chi connectivity index (χ3n) is 7.37. The van der Waals surface area contributed by atoms with Crippen LogP contribution in [-0.2, 0) is 23.9 Å². The molecule has 1 N–H and O–H groups in total. The van der Waals surface area contributed by atoms with E-state index in [9.17, 15) is 9.90 Å². The number of aromatic nitrogens is 2. The molecule has 5 nitrogen and oxygen atoms in total. The van der Waals surface area contributed by atoms with Crippen LogP contribution in [0.1, 0.15) is 101 Å². The zero-order valence-electron chi connectivity index (χ0n) is 23.4. The monoisotopic (exact) mass is 501 g/mol. The number of benzene rings is 2. The maximum Gasteiger partial charge on any atom is 0.205 e. The number of ketones is 1. The van der Waals surface area contributed by atoms with Crippen molar-refractivity contribution in [1.29, 1.82) is 0 Å². The lowest BCUT2D eigenvalue weighted by molar-refractivity contribution is 0.0970. The molecule has 0 unspecified atom stereocenters. The number of hydrogen-bond acceptors (Lipinski definition) is 3. The molecule has 0 amide bonds. The standard InChI is InChI=1S/C32H43N3O2/c1-31(2,3)26-19-24(20-27(29(26)37)32(4,5)6)28(36)22-35-18-17-34(21-23-13-9-7-10-14-23)30(35)33-25-15-11-8-12-16-25/h7,9-10,13-14,17-20,25,37H,8,11-12,15-16,21-22H2,1-6H3. The molecule has 37 heavy (non-hydrogen) atoms. The highest BCUT2D eigenvalue weighted by Crippen LogP contribution is 2.39. The summed E-state index contributed by atoms with van der Waals surface area (Å²) in [7, 11) is 0. The Morgan fingerprint density at radius 3 is 2.03 bits per heavy atom. The molecule has 2 aromatic carbocycles. The molecule has 0 saturated heterocycles. The Morgan fingerprint density at radius 2 is 1.46 bits per heavy atom. The van der Waals surface area contributed by atoms with Gasteiger partial charge in [-0.05, 0) is 41.4 Å². The second kappa shape index (κ2) is 10.7. The van der Waals surface area contributed by atoms with Crippen molar-refractivity contribution in [3.8, 4) is 5.75 Å². The minimum absolute atomic E-state index is 0.0264. The second-order valence-corrected chi connectivity index (χ2v) is 12.6. The molecule has 1 heterocycles. The number of hydrogen-bond donors (Lipinski definition) is 1. The van der Waals surface area contributed by atoms with Crippen molar-refractivity contribution in [3.63, 3.8) is 0 Å². The zero-order valence-corrected chi connectivity index (χ0v) is 23.4. The van der Waals surface area contributed by atoms with Crippen molar-refractivity contribution < 1.29 is 9.90 Å². The topological polar surface area (TPSA) is 59.5 Å². The van der Waals surface area contributed by atoms with Gasteiger partial charge in [0.2, 0.25) is 5.62 Å². The highest BCUT2D eigenvalue weighted by molar-refractivity contribution is 5.96. The van der Waals surface area contributed by atoms with Crippen LogP contribution < -0.4 is 5.62 Å². The van der Waals surface area contributed by atoms with Gasteiger partial charge >= 0.3 is 0 Å². The summed E-state index contributed by atoms with van der Waals surface area (Å²) in [5.41, 5.74) is 3.75. The molecule has 5 heteroatoms. The summed E-state index contributed by atoms with van der Waals surface area (Å²) in [4.78, 5) is 18.9. The lowest BCUT2D eigenvalue weighted by Gasteiger charge is -2.28. The number of carbonyl (C=O) groups excluding carboxylic acids is 1. The normalized spacial score (nSPS) is 15.8. The molecule has 0 spiro atoms. The molecular formula is C32H43N3O2. The highest BCUT2D eigenvalue weighted by Gasteiger charge is 2.28. The maximum atomic E-state index is 13.7. The van der Waals surface area contributed by atoms with E-state index in [1.165, 1.54) is 24.8 Å². The number of rotatable bonds is 6. The number of aromatic hydroxyl groups is 1. The van der Waals surface area contributed by atoms with E-state index in [4.69, 9.17) is 4.99 Å². The molecule has 1 aliphatic rings. The van der Waals surface area contributed by atoms with E-state index in [0.717, 1.165) is 36.1 Å². The molecule has 1 aliphatic carbocycles. The van der Waals surface area contributed by atoms with Crippen LogP contribution in [0.15, 0.2) is 59.9 Å². The van der Waals surface area contributed by atoms with Crippen LogP contribution in [0.25, 0.3) is 0 Å². The molecule has 1 fully saturated rings. The molecule has 3 aromatic rings. The minimum Gasteiger partial charge on any atom is -0.507 e. The third-order valence-corrected chi connectivity index (χ3v) is 7.37. The fraction of sp³-hybridized carbons (Fsp3) is 0.500. The van der Waals surface area contributed by atoms with Gasteiger partial charge in [0.15, 0.2) is 5.78 Å². The Balaban J connectivity index is 1.73. The summed E-state index contributed by atoms with van der Waals surface area (Å²) in [5.74, 6) is 0.324. The van der Waals surface area contributed by atoms with Gasteiger partial charge in [0, 0.05) is 29.1 Å². The molecular weight excluding hydrogens is 458 g/mol. The zero-order chi connectivity index (χ0) is 26.8. The van der Waals surface area contributed by atoms with E-state index in [-0.39, 0.29) is 23.2 Å². The first-order valence-corrected chi connectivity index (χ1v) is 13.7. The molecule has 1 aromatic heterocycles. The first-order valence-electron chi connectivity index (χ1n) is 13.7. The van der Waals surface area contributed by atoms with Crippen LogP contribution in [0.4, 0.5) is 0 Å². The summed E-state index contributed by atoms with van der Waals surface area (Å²) in [5, 5.41) is 11.1. The lowest BCUT2D eigenvalue weighted by atomic mass is 9.78. The number of carbonyl (C=O) groups is 1. The smallest absolute Gasteiger partial charge is 0.205 e. The average Bonchev–Trinajstić information content (AvgIpc) is 3.19. The van der Waals surface area contributed by atoms with Gasteiger partial charge < -0.3 is 14.2 Å². The van der Waals surface area contributed by atoms with Gasteiger partial charge in [0.25, 0.3) is 0 Å². The van der Waals surface area contributed by atoms with Gasteiger partial charge in [-0.25, -0.2) is 4.99 Å². The van der Waals surface area contributed by atoms with Gasteiger partial charge in [-0.15, -0.1) is 0 Å². The Kier molecular flexibility index (Phi) is 7.82. The minimum atomic E-state index is -0.284. The summed E-state index contributed by atoms with van der Waals surface area (Å²) in [6.45, 7) is 13.4. The number of phenolic OH excluding ortho intramolecular Hbond substituents is 1. The van der Waals surface area contributed by atoms with Crippen LogP contribution in [-0.4, -0.2) is 26.1 Å². The van der Waals surface area contributed by atoms with Gasteiger partial charge in [-0.1, -0.05) is 91.1 Å². The average molecular weight is 502 g/mol. The van der Waals surface area contributed by atoms with Crippen molar-refractivity contribution in [1.82, 2.24) is 9.13 Å². The Hall–Kier alpha value is -3.08. The van der Waals surface area contributed by atoms with E-state index >= 15 is 0 Å². The van der Waals surface area contributed by atoms with Crippen LogP contribution >= 0.6 is 0 Å². The quantitative estimate of drug-likeness (QED) is 0.380. The molecule has 0 bridgehead atoms. The number of nitrogens with zero attached hydrogens (tertiary/aromatic N) is 3. The van der Waals surface area contributed by atoms with Crippen molar-refractivity contribution in [2.75, 3.05) is 0 Å². The third kappa shape index (κ3) is 6.44. The second-order valence-electron chi connectivity index (χ2n) is 12.6. The van der Waals surface area contributed by atoms with Gasteiger partial charge in [0.05, 0.1) is 19.1 Å². The molecule has 0 aliphatic heterocycles. The summed E-state index contributed by atoms with van der Waals surface area (Å²) in [6, 6.07) is 14.4. The Labute approximate surface area is 221 Å². The fourth-order valence-corrected chi connectivity index (χ4v) is 5.19. The first-order chi connectivity index (χ1) is 17.4. The van der Waals surface area contributed by atoms with Crippen molar-refractivity contribution in [2.45, 2.75) is 104 Å². The van der Waals surface area contributed by atoms with E-state index in [1.54, 1.807) is 0 Å². The predicted molar refractivity (Wildman–Crippen MR) is 150 cm³/mol. The SMILES string of the molecule is CC(C)(C)c1cc(C(=O)Cn2ccn(Cc3ccccc3)c2=NC2CCCCC2)cc(C(C)(C)C)c1O. The Morgan fingerprint density at radius 1 is 0.892 bits per heavy atom. The van der Waals surface area contributed by atoms with Crippen LogP contribution in [0.3, 0.4) is 0 Å². The molecule has 4 rings (SSSR count). The predicted octanol–water partition coefficient (Wildman–Crippen LogP) is 6.75. The van der Waals surface area contributed by atoms with E-state index in [0.29, 0.717) is 17.4 Å². The number of phenols is 1. The van der Waals surface area contributed by atoms with Crippen LogP contribution in [0.2, 0.25) is 0 Å². The van der Waals surface area contributed by atoms with Gasteiger partial charge in [-0.3, -0.25) is 4.79 Å². The fourth-order valence-electron chi connectivity index (χ4n) is 5.19. The van der Waals surface area contributed by atoms with Gasteiger partial charge in [0.1, 0.15) is 5.75 Å². The highest BCUT2D eigenvalue weighted by atomic mass is 16.3. The first kappa shape index (κ1) is 27.0. The lowest BCUT2D eigenvalue weighted by Crippen LogP contribution is -2.31. The maximum absolute atomic E-state index is 13.7. The number of Topliss-reactive ketones (excluding diaryl/α,β-unsaturated/α-hetero) is 1. The summed E-state index contributed by atoms with van der Waals surface area (Å²) >= 11 is 0. The van der Waals surface area contributed by atoms with Crippen molar-refractivity contribution in [3.05, 3.63) is 82.7 Å². The largest absolute Gasteiger partial charge is 0.507 e. The van der Waals surface area contributed by atoms with Gasteiger partial charge in [-0.2, -0.15) is 0 Å². The summed E-state index contributed by atoms with van der Waals surface area (Å²) in [6.07, 6.45) is 9.94. The van der Waals surface area contributed by atoms with Crippen LogP contribution in [0.5, 0.6) is 5.75 Å². The molecule has 0 atom stereocenters. The summed E-state index contributed by atoms with van der Waals surface area (Å²) < 4.78 is 4.16. The van der Waals surface area contributed by atoms with Crippen molar-refractivity contribution >= 4 is 5.78 Å². The van der Waals surface area contributed by atoms with E-state index < -0.39 is 0 Å². The van der Waals surface area contributed by atoms with Crippen molar-refractivity contribution in [2.24, 2.45) is 4.99 Å². The van der Waals surface area contributed by atoms with E-state index in [1.807, 2.05) is 35.2 Å². The van der Waals surface area contributed by atoms with Crippen LogP contribution in [0, 0.1) is 0 Å². The number of imidazole rings is 1. The molecule has 198 valence electrons. The van der Waals surface area contributed by atoms with E-state index in [2.05, 4.69) is 70.4 Å². The Bertz CT molecular complexity index is 1260. The molecule has 1 saturated carbocycles.